The quantitative estimate of drug-likeness (QED) is 0.357. The number of nitrogens with one attached hydrogen (secondary N) is 4. The maximum atomic E-state index is 13.3. The highest BCUT2D eigenvalue weighted by atomic mass is 16.3. The fourth-order valence-electron chi connectivity index (χ4n) is 4.37. The molecule has 2 bridgehead atoms. The molecule has 4 atom stereocenters. The zero-order valence-corrected chi connectivity index (χ0v) is 22.7. The van der Waals surface area contributed by atoms with Gasteiger partial charge in [0.15, 0.2) is 5.69 Å². The van der Waals surface area contributed by atoms with Crippen molar-refractivity contribution in [3.63, 3.8) is 0 Å². The lowest BCUT2D eigenvalue weighted by Gasteiger charge is -2.27. The van der Waals surface area contributed by atoms with Gasteiger partial charge in [-0.1, -0.05) is 44.2 Å². The van der Waals surface area contributed by atoms with Crippen LogP contribution in [0.1, 0.15) is 80.9 Å². The molecule has 0 saturated carbocycles. The predicted octanol–water partition coefficient (Wildman–Crippen LogP) is 1.77. The maximum Gasteiger partial charge on any atom is 0.273 e. The van der Waals surface area contributed by atoms with E-state index in [2.05, 4.69) is 26.3 Å². The summed E-state index contributed by atoms with van der Waals surface area (Å²) in [5, 5.41) is 21.4. The second kappa shape index (κ2) is 14.4. The summed E-state index contributed by atoms with van der Waals surface area (Å²) in [6.45, 7) is 5.67. The van der Waals surface area contributed by atoms with Crippen molar-refractivity contribution in [1.29, 1.82) is 0 Å². The zero-order chi connectivity index (χ0) is 28.4. The van der Waals surface area contributed by atoms with Crippen LogP contribution in [0, 0.1) is 5.92 Å². The van der Waals surface area contributed by atoms with Gasteiger partial charge in [-0.15, -0.1) is 0 Å². The van der Waals surface area contributed by atoms with Gasteiger partial charge in [0.25, 0.3) is 5.91 Å². The van der Waals surface area contributed by atoms with Crippen LogP contribution in [0.25, 0.3) is 0 Å². The molecule has 0 aliphatic carbocycles. The molecule has 11 nitrogen and oxygen atoms in total. The first-order chi connectivity index (χ1) is 18.6. The van der Waals surface area contributed by atoms with E-state index in [9.17, 15) is 24.3 Å². The van der Waals surface area contributed by atoms with Crippen molar-refractivity contribution in [1.82, 2.24) is 26.3 Å². The molecule has 39 heavy (non-hydrogen) atoms. The van der Waals surface area contributed by atoms with E-state index in [1.807, 2.05) is 44.2 Å². The Hall–Kier alpha value is -3.73. The van der Waals surface area contributed by atoms with E-state index >= 15 is 0 Å². The van der Waals surface area contributed by atoms with Crippen LogP contribution in [0.2, 0.25) is 0 Å². The molecule has 1 aliphatic rings. The van der Waals surface area contributed by atoms with Crippen molar-refractivity contribution < 1.29 is 28.7 Å². The number of fused-ring (bicyclic) bond motifs is 2. The topological polar surface area (TPSA) is 163 Å². The number of amides is 4. The number of oxazole rings is 1. The summed E-state index contributed by atoms with van der Waals surface area (Å²) in [5.41, 5.74) is 1.11. The van der Waals surface area contributed by atoms with Gasteiger partial charge in [0.1, 0.15) is 24.4 Å². The van der Waals surface area contributed by atoms with Crippen molar-refractivity contribution in [3.8, 4) is 0 Å². The summed E-state index contributed by atoms with van der Waals surface area (Å²) in [7, 11) is 0. The summed E-state index contributed by atoms with van der Waals surface area (Å²) in [6.07, 6.45) is 2.55. The third-order valence-electron chi connectivity index (χ3n) is 6.48. The molecule has 0 fully saturated rings. The number of hydrogen-bond acceptors (Lipinski definition) is 7. The Morgan fingerprint density at radius 1 is 1.10 bits per heavy atom. The fourth-order valence-corrected chi connectivity index (χ4v) is 4.37. The number of aliphatic hydroxyl groups is 1. The number of rotatable bonds is 7. The van der Waals surface area contributed by atoms with Crippen LogP contribution in [0.3, 0.4) is 0 Å². The Kier molecular flexibility index (Phi) is 11.0. The van der Waals surface area contributed by atoms with E-state index in [0.29, 0.717) is 32.2 Å². The van der Waals surface area contributed by atoms with Crippen LogP contribution < -0.4 is 21.3 Å². The molecule has 0 unspecified atom stereocenters. The molecule has 1 aliphatic heterocycles. The first kappa shape index (κ1) is 29.8. The summed E-state index contributed by atoms with van der Waals surface area (Å²) in [6, 6.07) is 6.68. The lowest BCUT2D eigenvalue weighted by Crippen LogP contribution is -2.57. The highest BCUT2D eigenvalue weighted by molar-refractivity contribution is 5.93. The Bertz CT molecular complexity index is 1120. The highest BCUT2D eigenvalue weighted by Crippen LogP contribution is 2.21. The van der Waals surface area contributed by atoms with Gasteiger partial charge in [-0.05, 0) is 50.5 Å². The number of carbonyl (C=O) groups is 4. The van der Waals surface area contributed by atoms with Gasteiger partial charge in [-0.2, -0.15) is 0 Å². The Morgan fingerprint density at radius 3 is 2.54 bits per heavy atom. The van der Waals surface area contributed by atoms with E-state index in [1.54, 1.807) is 0 Å². The van der Waals surface area contributed by atoms with E-state index in [-0.39, 0.29) is 36.3 Å². The van der Waals surface area contributed by atoms with Crippen LogP contribution in [-0.2, 0) is 20.8 Å². The smallest absolute Gasteiger partial charge is 0.273 e. The molecule has 0 radical (unpaired) electrons. The minimum absolute atomic E-state index is 0.101. The number of aryl methyl sites for hydroxylation is 1. The Balaban J connectivity index is 1.78. The molecule has 11 heteroatoms. The zero-order valence-electron chi connectivity index (χ0n) is 22.7. The number of aromatic nitrogens is 1. The van der Waals surface area contributed by atoms with Gasteiger partial charge < -0.3 is 30.8 Å². The van der Waals surface area contributed by atoms with E-state index < -0.39 is 42.0 Å². The SMILES string of the molecule is CC(C)C[C@@H]1NC(=O)[C@H]([C@@H](C)O)NC(=O)[C@@H](NC(=O)CCc2ccccc2)CCCCNC(=O)c2coc1n2. The largest absolute Gasteiger partial charge is 0.446 e. The summed E-state index contributed by atoms with van der Waals surface area (Å²) >= 11 is 0. The molecule has 0 spiro atoms. The molecule has 2 heterocycles. The standard InChI is InChI=1S/C28H39N5O6/c1-17(2)15-21-28-32-22(16-39-28)25(36)29-14-8-7-11-20(26(37)33-24(18(3)34)27(38)31-21)30-23(35)13-12-19-9-5-4-6-10-19/h4-6,9-10,16-18,20-21,24,34H,7-8,11-15H2,1-3H3,(H,29,36)(H,30,35)(H,31,38)(H,33,37)/t18-,20+,21+,24+/m1/s1. The van der Waals surface area contributed by atoms with Crippen LogP contribution in [0.15, 0.2) is 41.0 Å². The molecule has 5 N–H and O–H groups in total. The second-order valence-electron chi connectivity index (χ2n) is 10.3. The number of aliphatic hydroxyl groups excluding tert-OH is 1. The molecule has 2 aromatic rings. The maximum absolute atomic E-state index is 13.3. The van der Waals surface area contributed by atoms with E-state index in [0.717, 1.165) is 5.56 Å². The average molecular weight is 542 g/mol. The van der Waals surface area contributed by atoms with Crippen molar-refractivity contribution in [3.05, 3.63) is 53.7 Å². The van der Waals surface area contributed by atoms with Gasteiger partial charge in [0.2, 0.25) is 23.6 Å². The van der Waals surface area contributed by atoms with Crippen molar-refractivity contribution in [2.45, 2.75) is 83.5 Å². The first-order valence-electron chi connectivity index (χ1n) is 13.5. The Morgan fingerprint density at radius 2 is 1.85 bits per heavy atom. The van der Waals surface area contributed by atoms with Crippen molar-refractivity contribution in [2.24, 2.45) is 5.92 Å². The monoisotopic (exact) mass is 541 g/mol. The van der Waals surface area contributed by atoms with E-state index in [4.69, 9.17) is 4.42 Å². The molecule has 4 amide bonds. The van der Waals surface area contributed by atoms with Gasteiger partial charge in [-0.3, -0.25) is 19.2 Å². The van der Waals surface area contributed by atoms with Crippen LogP contribution >= 0.6 is 0 Å². The summed E-state index contributed by atoms with van der Waals surface area (Å²) in [5.74, 6) is -1.60. The highest BCUT2D eigenvalue weighted by Gasteiger charge is 2.32. The number of carbonyl (C=O) groups excluding carboxylic acids is 4. The predicted molar refractivity (Wildman–Crippen MR) is 143 cm³/mol. The number of hydrogen-bond donors (Lipinski definition) is 5. The van der Waals surface area contributed by atoms with Crippen LogP contribution in [0.4, 0.5) is 0 Å². The lowest BCUT2D eigenvalue weighted by atomic mass is 10.0. The molecule has 212 valence electrons. The third kappa shape index (κ3) is 9.20. The van der Waals surface area contributed by atoms with E-state index in [1.165, 1.54) is 13.2 Å². The lowest BCUT2D eigenvalue weighted by molar-refractivity contribution is -0.134. The van der Waals surface area contributed by atoms with Crippen LogP contribution in [0.5, 0.6) is 0 Å². The first-order valence-corrected chi connectivity index (χ1v) is 13.5. The minimum atomic E-state index is -1.28. The third-order valence-corrected chi connectivity index (χ3v) is 6.48. The molecular weight excluding hydrogens is 502 g/mol. The minimum Gasteiger partial charge on any atom is -0.446 e. The van der Waals surface area contributed by atoms with Gasteiger partial charge >= 0.3 is 0 Å². The number of benzene rings is 1. The molecule has 3 rings (SSSR count). The number of nitrogens with zero attached hydrogens (tertiary/aromatic N) is 1. The molecular formula is C28H39N5O6. The molecule has 0 saturated heterocycles. The van der Waals surface area contributed by atoms with Gasteiger partial charge in [0, 0.05) is 13.0 Å². The van der Waals surface area contributed by atoms with Gasteiger partial charge in [-0.25, -0.2) is 4.98 Å². The summed E-state index contributed by atoms with van der Waals surface area (Å²) in [4.78, 5) is 56.0. The molecule has 1 aromatic carbocycles. The summed E-state index contributed by atoms with van der Waals surface area (Å²) < 4.78 is 5.52. The normalized spacial score (nSPS) is 22.0. The fraction of sp³-hybridized carbons (Fsp3) is 0.536. The molecule has 1 aromatic heterocycles. The van der Waals surface area contributed by atoms with Gasteiger partial charge in [0.05, 0.1) is 6.10 Å². The second-order valence-corrected chi connectivity index (χ2v) is 10.3. The van der Waals surface area contributed by atoms with Crippen LogP contribution in [-0.4, -0.2) is 58.5 Å². The van der Waals surface area contributed by atoms with Crippen molar-refractivity contribution >= 4 is 23.6 Å². The van der Waals surface area contributed by atoms with Crippen molar-refractivity contribution in [2.75, 3.05) is 6.54 Å². The Labute approximate surface area is 228 Å². The average Bonchev–Trinajstić information content (AvgIpc) is 3.39.